The van der Waals surface area contributed by atoms with Crippen molar-refractivity contribution in [1.29, 1.82) is 0 Å². The second kappa shape index (κ2) is 27.6. The SMILES string of the molecule is [C-]#[O+].[C-]#[O+].[CH]1[CH][CH][CH][CH]1.[CH]1[CH][CH][CH][CH]1.[Ru+2].[Ru+2].[S-]/C(=C(\[C-]=Nc1ccccc1)c1ccccc1)c1ccccc1. The first-order valence-corrected chi connectivity index (χ1v) is 11.5. The van der Waals surface area contributed by atoms with Crippen LogP contribution in [0, 0.1) is 77.5 Å². The average Bonchev–Trinajstić information content (AvgIpc) is 3.77. The van der Waals surface area contributed by atoms with E-state index in [1.807, 2.05) is 155 Å². The van der Waals surface area contributed by atoms with Crippen LogP contribution in [0.1, 0.15) is 11.1 Å². The van der Waals surface area contributed by atoms with Crippen molar-refractivity contribution in [3.63, 3.8) is 0 Å². The fourth-order valence-electron chi connectivity index (χ4n) is 2.85. The molecule has 2 saturated carbocycles. The molecule has 0 bridgehead atoms. The molecule has 0 aromatic heterocycles. The predicted molar refractivity (Wildman–Crippen MR) is 151 cm³/mol. The molecule has 2 fully saturated rings. The van der Waals surface area contributed by atoms with Crippen molar-refractivity contribution < 1.29 is 48.3 Å². The van der Waals surface area contributed by atoms with Crippen molar-refractivity contribution in [3.8, 4) is 0 Å². The van der Waals surface area contributed by atoms with Crippen molar-refractivity contribution in [1.82, 2.24) is 0 Å². The molecule has 0 N–H and O–H groups in total. The first-order valence-electron chi connectivity index (χ1n) is 11.1. The molecule has 0 heterocycles. The Bertz CT molecular complexity index is 1030. The van der Waals surface area contributed by atoms with Gasteiger partial charge in [0.1, 0.15) is 0 Å². The second-order valence-electron chi connectivity index (χ2n) is 6.92. The molecule has 3 nitrogen and oxygen atoms in total. The standard InChI is InChI=1S/C21H16NS.2C5H5.2CO.2Ru/c23-21(18-12-6-2-7-13-18)20(17-10-4-1-5-11-17)16-22-19-14-8-3-9-15-19;2*1-2-4-5-3-1;2*1-2;;/h1-15,23H;2*1-5H;;;;/q-1;;;;;2*+2/p-1/b21-20+;;;;;;. The van der Waals surface area contributed by atoms with E-state index < -0.39 is 0 Å². The summed E-state index contributed by atoms with van der Waals surface area (Å²) in [6, 6.07) is 29.8. The Morgan fingerprint density at radius 1 is 0.513 bits per heavy atom. The summed E-state index contributed by atoms with van der Waals surface area (Å²) in [7, 11) is 0. The van der Waals surface area contributed by atoms with Gasteiger partial charge >= 0.3 is 61.6 Å². The van der Waals surface area contributed by atoms with Gasteiger partial charge in [-0.1, -0.05) is 102 Å². The minimum Gasteiger partial charge on any atom is -0.838 e. The Labute approximate surface area is 266 Å². The van der Waals surface area contributed by atoms with Gasteiger partial charge in [0.25, 0.3) is 0 Å². The van der Waals surface area contributed by atoms with Crippen LogP contribution in [-0.2, 0) is 60.9 Å². The molecule has 2 aliphatic rings. The fraction of sp³-hybridized carbons (Fsp3) is 0. The topological polar surface area (TPSA) is 52.2 Å². The van der Waals surface area contributed by atoms with Gasteiger partial charge in [0.2, 0.25) is 0 Å². The van der Waals surface area contributed by atoms with Crippen LogP contribution >= 0.6 is 0 Å². The Morgan fingerprint density at radius 3 is 1.18 bits per heavy atom. The van der Waals surface area contributed by atoms with E-state index in [0.29, 0.717) is 0 Å². The van der Waals surface area contributed by atoms with Crippen molar-refractivity contribution in [3.05, 3.63) is 180 Å². The summed E-state index contributed by atoms with van der Waals surface area (Å²) >= 11 is 5.68. The van der Waals surface area contributed by atoms with Gasteiger partial charge in [0.15, 0.2) is 0 Å². The largest absolute Gasteiger partial charge is 2.00 e. The molecule has 6 heteroatoms. The van der Waals surface area contributed by atoms with Crippen LogP contribution in [0.4, 0.5) is 5.69 Å². The van der Waals surface area contributed by atoms with Crippen molar-refractivity contribution in [2.24, 2.45) is 4.99 Å². The molecule has 2 aliphatic carbocycles. The van der Waals surface area contributed by atoms with Crippen LogP contribution in [0.2, 0.25) is 0 Å². The predicted octanol–water partition coefficient (Wildman–Crippen LogP) is 7.34. The van der Waals surface area contributed by atoms with Gasteiger partial charge in [0, 0.05) is 0 Å². The summed E-state index contributed by atoms with van der Waals surface area (Å²) in [6.07, 6.45) is 23.2. The van der Waals surface area contributed by atoms with Crippen LogP contribution in [0.3, 0.4) is 0 Å². The van der Waals surface area contributed by atoms with E-state index >= 15 is 0 Å². The second-order valence-corrected chi connectivity index (χ2v) is 7.33. The number of rotatable bonds is 4. The van der Waals surface area contributed by atoms with Gasteiger partial charge < -0.3 is 17.6 Å². The average molecular weight is 702 g/mol. The summed E-state index contributed by atoms with van der Waals surface area (Å²) in [5.41, 5.74) is 3.70. The third-order valence-corrected chi connectivity index (χ3v) is 4.93. The maximum Gasteiger partial charge on any atom is 2.00 e. The van der Waals surface area contributed by atoms with Gasteiger partial charge in [-0.05, 0) is 76.1 Å². The first kappa shape index (κ1) is 39.2. The van der Waals surface area contributed by atoms with E-state index in [2.05, 4.69) is 24.5 Å². The molecular weight excluding hydrogens is 677 g/mol. The van der Waals surface area contributed by atoms with Crippen molar-refractivity contribution in [2.45, 2.75) is 0 Å². The van der Waals surface area contributed by atoms with Crippen LogP contribution in [0.15, 0.2) is 96.0 Å². The number of benzene rings is 3. The van der Waals surface area contributed by atoms with E-state index in [0.717, 1.165) is 27.3 Å². The Balaban J connectivity index is 0. The molecule has 3 aromatic rings. The quantitative estimate of drug-likeness (QED) is 0.0702. The first-order chi connectivity index (χ1) is 18.3. The molecule has 3 aromatic carbocycles. The van der Waals surface area contributed by atoms with Crippen molar-refractivity contribution in [2.75, 3.05) is 0 Å². The number of nitrogens with zero attached hydrogens (tertiary/aromatic N) is 1. The Kier molecular flexibility index (Phi) is 27.7. The van der Waals surface area contributed by atoms with E-state index in [-0.39, 0.29) is 39.0 Å². The zero-order valence-corrected chi connectivity index (χ0v) is 25.1. The van der Waals surface area contributed by atoms with E-state index in [4.69, 9.17) is 21.9 Å². The number of hydrogen-bond donors (Lipinski definition) is 0. The minimum atomic E-state index is 0. The third kappa shape index (κ3) is 17.3. The monoisotopic (exact) mass is 703 g/mol. The molecule has 0 atom stereocenters. The molecule has 0 amide bonds. The number of allylic oxidation sites excluding steroid dienone is 1. The number of aliphatic imine (C=N–C) groups is 1. The van der Waals surface area contributed by atoms with E-state index in [9.17, 15) is 0 Å². The maximum absolute atomic E-state index is 7.50. The van der Waals surface area contributed by atoms with Gasteiger partial charge in [-0.15, -0.1) is 5.57 Å². The zero-order valence-electron chi connectivity index (χ0n) is 20.8. The zero-order chi connectivity index (χ0) is 27.0. The molecule has 0 aliphatic heterocycles. The van der Waals surface area contributed by atoms with E-state index in [1.54, 1.807) is 0 Å². The molecular formula is C33H25NO2Ru2S+2. The molecule has 0 unspecified atom stereocenters. The summed E-state index contributed by atoms with van der Waals surface area (Å²) < 4.78 is 15.0. The maximum atomic E-state index is 7.50. The normalized spacial score (nSPS) is 13.4. The Morgan fingerprint density at radius 2 is 0.821 bits per heavy atom. The smallest absolute Gasteiger partial charge is 0.838 e. The van der Waals surface area contributed by atoms with Crippen LogP contribution < -0.4 is 0 Å². The summed E-state index contributed by atoms with van der Waals surface area (Å²) in [6.45, 7) is 9.00. The van der Waals surface area contributed by atoms with Crippen LogP contribution in [-0.4, -0.2) is 6.21 Å². The number of para-hydroxylation sites is 1. The molecule has 0 spiro atoms. The minimum absolute atomic E-state index is 0. The summed E-state index contributed by atoms with van der Waals surface area (Å²) in [5, 5.41) is 0. The molecule has 194 valence electrons. The van der Waals surface area contributed by atoms with Crippen LogP contribution in [0.5, 0.6) is 0 Å². The molecule has 10 radical (unpaired) electrons. The summed E-state index contributed by atoms with van der Waals surface area (Å²) in [5.74, 6) is 0. The molecule has 39 heavy (non-hydrogen) atoms. The molecule has 0 saturated heterocycles. The van der Waals surface area contributed by atoms with Crippen LogP contribution in [0.25, 0.3) is 10.5 Å². The van der Waals surface area contributed by atoms with Gasteiger partial charge in [-0.3, -0.25) is 0 Å². The third-order valence-electron chi connectivity index (χ3n) is 4.49. The number of hydrogen-bond acceptors (Lipinski definition) is 2. The summed E-state index contributed by atoms with van der Waals surface area (Å²) in [4.78, 5) is 5.20. The molecule has 5 rings (SSSR count). The van der Waals surface area contributed by atoms with Gasteiger partial charge in [-0.2, -0.15) is 0 Å². The van der Waals surface area contributed by atoms with Gasteiger partial charge in [-0.25, -0.2) is 4.91 Å². The van der Waals surface area contributed by atoms with E-state index in [1.165, 1.54) is 0 Å². The fourth-order valence-corrected chi connectivity index (χ4v) is 3.15. The van der Waals surface area contributed by atoms with Crippen molar-refractivity contribution >= 4 is 35.0 Å². The Hall–Kier alpha value is -1.98. The van der Waals surface area contributed by atoms with Gasteiger partial charge in [0.05, 0.1) is 0 Å².